The van der Waals surface area contributed by atoms with E-state index in [2.05, 4.69) is 29.3 Å². The van der Waals surface area contributed by atoms with E-state index < -0.39 is 18.1 Å². The number of aliphatic carboxylic acids is 1. The summed E-state index contributed by atoms with van der Waals surface area (Å²) in [5.41, 5.74) is 0.830. The van der Waals surface area contributed by atoms with E-state index in [-0.39, 0.29) is 13.0 Å². The largest absolute Gasteiger partial charge is 0.480 e. The Balaban J connectivity index is 1.69. The Bertz CT molecular complexity index is 751. The van der Waals surface area contributed by atoms with Crippen molar-refractivity contribution in [3.8, 4) is 0 Å². The molecule has 0 bridgehead atoms. The number of rotatable bonds is 11. The fourth-order valence-electron chi connectivity index (χ4n) is 2.32. The molecule has 1 atom stereocenters. The molecule has 0 saturated carbocycles. The van der Waals surface area contributed by atoms with Gasteiger partial charge >= 0.3 is 12.1 Å². The molecule has 9 heteroatoms. The van der Waals surface area contributed by atoms with Crippen LogP contribution in [0.3, 0.4) is 0 Å². The summed E-state index contributed by atoms with van der Waals surface area (Å²) in [5, 5.41) is 15.6. The van der Waals surface area contributed by atoms with Crippen molar-refractivity contribution in [2.75, 3.05) is 5.75 Å². The molecule has 2 rings (SSSR count). The van der Waals surface area contributed by atoms with Crippen molar-refractivity contribution in [1.82, 2.24) is 15.5 Å². The van der Waals surface area contributed by atoms with E-state index in [0.717, 1.165) is 12.0 Å². The van der Waals surface area contributed by atoms with E-state index in [4.69, 9.17) is 9.26 Å². The third-order valence-corrected chi connectivity index (χ3v) is 4.66. The van der Waals surface area contributed by atoms with Crippen molar-refractivity contribution in [2.24, 2.45) is 5.92 Å². The van der Waals surface area contributed by atoms with E-state index in [9.17, 15) is 14.7 Å². The third-order valence-electron chi connectivity index (χ3n) is 3.68. The molecule has 28 heavy (non-hydrogen) atoms. The molecule has 0 radical (unpaired) electrons. The standard InChI is InChI=1S/C19H25N3O5S/c1-13(2)10-16-21-17(27-22-16)12-28-9-8-15(18(23)24)20-19(25)26-11-14-6-4-3-5-7-14/h3-7,13,15H,8-12H2,1-2H3,(H,20,25)(H,23,24). The van der Waals surface area contributed by atoms with Crippen molar-refractivity contribution in [3.05, 3.63) is 47.6 Å². The average molecular weight is 407 g/mol. The van der Waals surface area contributed by atoms with Crippen LogP contribution in [-0.2, 0) is 28.3 Å². The van der Waals surface area contributed by atoms with Crippen LogP contribution in [0.4, 0.5) is 4.79 Å². The summed E-state index contributed by atoms with van der Waals surface area (Å²) in [6.07, 6.45) is 0.258. The lowest BCUT2D eigenvalue weighted by molar-refractivity contribution is -0.139. The van der Waals surface area contributed by atoms with E-state index in [1.807, 2.05) is 30.3 Å². The number of nitrogens with zero attached hydrogens (tertiary/aromatic N) is 2. The van der Waals surface area contributed by atoms with Gasteiger partial charge in [0, 0.05) is 6.42 Å². The minimum atomic E-state index is -1.10. The molecule has 2 N–H and O–H groups in total. The quantitative estimate of drug-likeness (QED) is 0.546. The minimum Gasteiger partial charge on any atom is -0.480 e. The molecule has 1 amide bonds. The van der Waals surface area contributed by atoms with Crippen molar-refractivity contribution in [2.45, 2.75) is 45.1 Å². The van der Waals surface area contributed by atoms with Gasteiger partial charge in [-0.2, -0.15) is 16.7 Å². The Morgan fingerprint density at radius 1 is 1.29 bits per heavy atom. The Morgan fingerprint density at radius 3 is 2.71 bits per heavy atom. The highest BCUT2D eigenvalue weighted by Gasteiger charge is 2.20. The van der Waals surface area contributed by atoms with Gasteiger partial charge in [0.05, 0.1) is 5.75 Å². The summed E-state index contributed by atoms with van der Waals surface area (Å²) in [7, 11) is 0. The second-order valence-corrected chi connectivity index (χ2v) is 7.75. The minimum absolute atomic E-state index is 0.0869. The van der Waals surface area contributed by atoms with Crippen molar-refractivity contribution < 1.29 is 24.0 Å². The summed E-state index contributed by atoms with van der Waals surface area (Å²) in [6.45, 7) is 4.24. The van der Waals surface area contributed by atoms with Gasteiger partial charge in [-0.25, -0.2) is 9.59 Å². The van der Waals surface area contributed by atoms with Crippen LogP contribution < -0.4 is 5.32 Å². The Hall–Kier alpha value is -2.55. The molecule has 0 aliphatic heterocycles. The average Bonchev–Trinajstić information content (AvgIpc) is 3.09. The molecule has 1 aromatic heterocycles. The monoisotopic (exact) mass is 407 g/mol. The van der Waals surface area contributed by atoms with Crippen molar-refractivity contribution in [3.63, 3.8) is 0 Å². The lowest BCUT2D eigenvalue weighted by atomic mass is 10.1. The molecule has 2 aromatic rings. The highest BCUT2D eigenvalue weighted by Crippen LogP contribution is 2.14. The number of nitrogens with one attached hydrogen (secondary N) is 1. The van der Waals surface area contributed by atoms with Crippen LogP contribution in [0.25, 0.3) is 0 Å². The number of alkyl carbamates (subject to hydrolysis) is 1. The molecule has 0 aliphatic rings. The summed E-state index contributed by atoms with van der Waals surface area (Å²) < 4.78 is 10.2. The van der Waals surface area contributed by atoms with Gasteiger partial charge in [0.1, 0.15) is 12.6 Å². The number of aromatic nitrogens is 2. The van der Waals surface area contributed by atoms with E-state index in [0.29, 0.717) is 29.1 Å². The Kier molecular flexibility index (Phi) is 8.80. The zero-order chi connectivity index (χ0) is 20.4. The lowest BCUT2D eigenvalue weighted by Crippen LogP contribution is -2.41. The predicted molar refractivity (Wildman–Crippen MR) is 105 cm³/mol. The fraction of sp³-hybridized carbons (Fsp3) is 0.474. The fourth-order valence-corrected chi connectivity index (χ4v) is 3.16. The first-order valence-electron chi connectivity index (χ1n) is 9.03. The highest BCUT2D eigenvalue weighted by atomic mass is 32.2. The molecule has 0 spiro atoms. The van der Waals surface area contributed by atoms with Crippen LogP contribution in [-0.4, -0.2) is 39.1 Å². The van der Waals surface area contributed by atoms with Gasteiger partial charge in [-0.3, -0.25) is 0 Å². The van der Waals surface area contributed by atoms with Gasteiger partial charge in [0.25, 0.3) is 0 Å². The summed E-state index contributed by atoms with van der Waals surface area (Å²) in [4.78, 5) is 27.5. The molecule has 0 fully saturated rings. The van der Waals surface area contributed by atoms with Gasteiger partial charge < -0.3 is 19.7 Å². The number of hydrogen-bond acceptors (Lipinski definition) is 7. The number of hydrogen-bond donors (Lipinski definition) is 2. The van der Waals surface area contributed by atoms with Crippen LogP contribution in [0.2, 0.25) is 0 Å². The normalized spacial score (nSPS) is 12.0. The number of thioether (sulfide) groups is 1. The highest BCUT2D eigenvalue weighted by molar-refractivity contribution is 7.98. The van der Waals surface area contributed by atoms with Gasteiger partial charge in [-0.05, 0) is 23.7 Å². The second kappa shape index (κ2) is 11.3. The lowest BCUT2D eigenvalue weighted by Gasteiger charge is -2.14. The molecule has 0 saturated heterocycles. The molecule has 1 aromatic carbocycles. The third kappa shape index (κ3) is 7.99. The molecule has 152 valence electrons. The predicted octanol–water partition coefficient (Wildman–Crippen LogP) is 3.27. The Morgan fingerprint density at radius 2 is 2.04 bits per heavy atom. The first kappa shape index (κ1) is 21.7. The van der Waals surface area contributed by atoms with E-state index >= 15 is 0 Å². The maximum Gasteiger partial charge on any atom is 0.408 e. The summed E-state index contributed by atoms with van der Waals surface area (Å²) in [5.74, 6) is 1.55. The molecular weight excluding hydrogens is 382 g/mol. The van der Waals surface area contributed by atoms with E-state index in [1.54, 1.807) is 0 Å². The first-order chi connectivity index (χ1) is 13.4. The molecular formula is C19H25N3O5S. The van der Waals surface area contributed by atoms with Crippen LogP contribution in [0.5, 0.6) is 0 Å². The topological polar surface area (TPSA) is 115 Å². The van der Waals surface area contributed by atoms with Gasteiger partial charge in [-0.15, -0.1) is 0 Å². The number of carbonyl (C=O) groups excluding carboxylic acids is 1. The smallest absolute Gasteiger partial charge is 0.408 e. The molecule has 1 heterocycles. The molecule has 8 nitrogen and oxygen atoms in total. The zero-order valence-electron chi connectivity index (χ0n) is 16.0. The maximum atomic E-state index is 11.8. The molecule has 0 aliphatic carbocycles. The number of carboxylic acids is 1. The van der Waals surface area contributed by atoms with Gasteiger partial charge in [0.2, 0.25) is 5.89 Å². The van der Waals surface area contributed by atoms with Crippen LogP contribution in [0, 0.1) is 5.92 Å². The van der Waals surface area contributed by atoms with E-state index in [1.165, 1.54) is 11.8 Å². The van der Waals surface area contributed by atoms with Crippen LogP contribution in [0.1, 0.15) is 37.5 Å². The Labute approximate surface area is 168 Å². The number of carbonyl (C=O) groups is 2. The summed E-state index contributed by atoms with van der Waals surface area (Å²) in [6, 6.07) is 8.16. The van der Waals surface area contributed by atoms with Gasteiger partial charge in [-0.1, -0.05) is 49.3 Å². The van der Waals surface area contributed by atoms with Crippen molar-refractivity contribution >= 4 is 23.8 Å². The number of ether oxygens (including phenoxy) is 1. The zero-order valence-corrected chi connectivity index (χ0v) is 16.8. The second-order valence-electron chi connectivity index (χ2n) is 6.64. The number of benzene rings is 1. The van der Waals surface area contributed by atoms with Crippen LogP contribution in [0.15, 0.2) is 34.9 Å². The maximum absolute atomic E-state index is 11.8. The number of amides is 1. The summed E-state index contributed by atoms with van der Waals surface area (Å²) >= 11 is 1.47. The first-order valence-corrected chi connectivity index (χ1v) is 10.2. The number of carboxylic acid groups (broad SMARTS) is 1. The van der Waals surface area contributed by atoms with Crippen LogP contribution >= 0.6 is 11.8 Å². The van der Waals surface area contributed by atoms with Crippen molar-refractivity contribution in [1.29, 1.82) is 0 Å². The SMILES string of the molecule is CC(C)Cc1noc(CSCCC(NC(=O)OCc2ccccc2)C(=O)O)n1. The van der Waals surface area contributed by atoms with Gasteiger partial charge in [0.15, 0.2) is 5.82 Å². The molecule has 1 unspecified atom stereocenters.